The molecule has 1 atom stereocenters. The van der Waals surface area contributed by atoms with Gasteiger partial charge in [0, 0.05) is 6.54 Å². The molecule has 7 heteroatoms. The standard InChI is InChI=1S/C12H16FNO4S/c1-8-7-11(13)4-3-10(8)5-6-14-19(17,18)9(2)12(15)16/h3-4,7,9,14H,5-6H2,1-2H3,(H,15,16). The molecule has 0 spiro atoms. The minimum absolute atomic E-state index is 0.0758. The summed E-state index contributed by atoms with van der Waals surface area (Å²) in [4.78, 5) is 10.6. The van der Waals surface area contributed by atoms with Crippen molar-refractivity contribution in [3.05, 3.63) is 35.1 Å². The molecule has 1 aromatic carbocycles. The molecule has 0 saturated heterocycles. The van der Waals surface area contributed by atoms with E-state index in [2.05, 4.69) is 4.72 Å². The molecule has 0 bridgehead atoms. The number of carboxylic acids is 1. The maximum Gasteiger partial charge on any atom is 0.323 e. The first kappa shape index (κ1) is 15.6. The zero-order valence-corrected chi connectivity index (χ0v) is 11.5. The molecule has 19 heavy (non-hydrogen) atoms. The summed E-state index contributed by atoms with van der Waals surface area (Å²) < 4.78 is 38.2. The van der Waals surface area contributed by atoms with Crippen molar-refractivity contribution in [3.63, 3.8) is 0 Å². The maximum absolute atomic E-state index is 12.9. The summed E-state index contributed by atoms with van der Waals surface area (Å²) in [5.74, 6) is -1.74. The van der Waals surface area contributed by atoms with E-state index in [0.717, 1.165) is 18.1 Å². The number of carboxylic acid groups (broad SMARTS) is 1. The number of carbonyl (C=O) groups is 1. The van der Waals surface area contributed by atoms with E-state index in [1.165, 1.54) is 12.1 Å². The van der Waals surface area contributed by atoms with E-state index >= 15 is 0 Å². The molecule has 0 aliphatic rings. The summed E-state index contributed by atoms with van der Waals surface area (Å²) in [6.07, 6.45) is 0.373. The average Bonchev–Trinajstić information content (AvgIpc) is 2.30. The molecule has 0 aliphatic carbocycles. The van der Waals surface area contributed by atoms with Crippen LogP contribution < -0.4 is 4.72 Å². The molecule has 2 N–H and O–H groups in total. The van der Waals surface area contributed by atoms with Crippen LogP contribution in [0.3, 0.4) is 0 Å². The molecular weight excluding hydrogens is 273 g/mol. The lowest BCUT2D eigenvalue weighted by Crippen LogP contribution is -2.38. The maximum atomic E-state index is 12.9. The van der Waals surface area contributed by atoms with Crippen molar-refractivity contribution < 1.29 is 22.7 Å². The zero-order chi connectivity index (χ0) is 14.6. The highest BCUT2D eigenvalue weighted by molar-refractivity contribution is 7.90. The summed E-state index contributed by atoms with van der Waals surface area (Å²) in [5, 5.41) is 7.15. The molecule has 0 amide bonds. The molecule has 106 valence electrons. The fourth-order valence-electron chi connectivity index (χ4n) is 1.53. The van der Waals surface area contributed by atoms with Crippen LogP contribution in [0.15, 0.2) is 18.2 Å². The molecule has 0 aliphatic heterocycles. The number of hydrogen-bond donors (Lipinski definition) is 2. The van der Waals surface area contributed by atoms with Crippen molar-refractivity contribution in [1.82, 2.24) is 4.72 Å². The van der Waals surface area contributed by atoms with Crippen molar-refractivity contribution in [2.45, 2.75) is 25.5 Å². The Balaban J connectivity index is 2.62. The Morgan fingerprint density at radius 1 is 1.47 bits per heavy atom. The number of hydrogen-bond acceptors (Lipinski definition) is 3. The monoisotopic (exact) mass is 289 g/mol. The molecule has 0 heterocycles. The molecule has 0 saturated carbocycles. The Morgan fingerprint density at radius 3 is 2.63 bits per heavy atom. The minimum Gasteiger partial charge on any atom is -0.480 e. The predicted molar refractivity (Wildman–Crippen MR) is 68.9 cm³/mol. The van der Waals surface area contributed by atoms with Gasteiger partial charge < -0.3 is 5.11 Å². The molecule has 1 unspecified atom stereocenters. The highest BCUT2D eigenvalue weighted by atomic mass is 32.2. The van der Waals surface area contributed by atoms with Gasteiger partial charge in [0.25, 0.3) is 0 Å². The van der Waals surface area contributed by atoms with Gasteiger partial charge in [-0.2, -0.15) is 0 Å². The Labute approximate surface area is 111 Å². The number of sulfonamides is 1. The van der Waals surface area contributed by atoms with E-state index in [-0.39, 0.29) is 12.4 Å². The second-order valence-corrected chi connectivity index (χ2v) is 6.33. The van der Waals surface area contributed by atoms with Crippen LogP contribution in [-0.4, -0.2) is 31.3 Å². The SMILES string of the molecule is Cc1cc(F)ccc1CCNS(=O)(=O)C(C)C(=O)O. The highest BCUT2D eigenvalue weighted by Crippen LogP contribution is 2.10. The number of benzene rings is 1. The number of aryl methyl sites for hydroxylation is 1. The van der Waals surface area contributed by atoms with E-state index < -0.39 is 21.2 Å². The first-order valence-electron chi connectivity index (χ1n) is 5.70. The summed E-state index contributed by atoms with van der Waals surface area (Å²) in [6.45, 7) is 2.91. The predicted octanol–water partition coefficient (Wildman–Crippen LogP) is 1.07. The van der Waals surface area contributed by atoms with E-state index in [1.807, 2.05) is 0 Å². The van der Waals surface area contributed by atoms with E-state index in [4.69, 9.17) is 5.11 Å². The first-order chi connectivity index (χ1) is 8.74. The Morgan fingerprint density at radius 2 is 2.11 bits per heavy atom. The van der Waals surface area contributed by atoms with E-state index in [0.29, 0.717) is 6.42 Å². The van der Waals surface area contributed by atoms with Gasteiger partial charge in [-0.05, 0) is 43.5 Å². The van der Waals surface area contributed by atoms with Gasteiger partial charge in [-0.15, -0.1) is 0 Å². The van der Waals surface area contributed by atoms with Crippen molar-refractivity contribution in [1.29, 1.82) is 0 Å². The Kier molecular flexibility index (Phi) is 5.02. The van der Waals surface area contributed by atoms with Crippen LogP contribution in [-0.2, 0) is 21.2 Å². The zero-order valence-electron chi connectivity index (χ0n) is 10.7. The minimum atomic E-state index is -3.87. The third kappa shape index (κ3) is 4.29. The summed E-state index contributed by atoms with van der Waals surface area (Å²) in [7, 11) is -3.87. The van der Waals surface area contributed by atoms with Gasteiger partial charge in [0.05, 0.1) is 0 Å². The van der Waals surface area contributed by atoms with Crippen molar-refractivity contribution >= 4 is 16.0 Å². The van der Waals surface area contributed by atoms with E-state index in [1.54, 1.807) is 13.0 Å². The Hall–Kier alpha value is -1.47. The van der Waals surface area contributed by atoms with Crippen molar-refractivity contribution in [3.8, 4) is 0 Å². The van der Waals surface area contributed by atoms with Gasteiger partial charge in [0.1, 0.15) is 5.82 Å². The second kappa shape index (κ2) is 6.12. The lowest BCUT2D eigenvalue weighted by molar-refractivity contribution is -0.136. The number of nitrogens with one attached hydrogen (secondary N) is 1. The highest BCUT2D eigenvalue weighted by Gasteiger charge is 2.26. The van der Waals surface area contributed by atoms with Crippen LogP contribution in [0.1, 0.15) is 18.1 Å². The van der Waals surface area contributed by atoms with Crippen LogP contribution in [0.2, 0.25) is 0 Å². The van der Waals surface area contributed by atoms with Crippen LogP contribution in [0.4, 0.5) is 4.39 Å². The first-order valence-corrected chi connectivity index (χ1v) is 7.25. The topological polar surface area (TPSA) is 83.5 Å². The van der Waals surface area contributed by atoms with Crippen LogP contribution in [0.25, 0.3) is 0 Å². The number of halogens is 1. The summed E-state index contributed by atoms with van der Waals surface area (Å²) in [6, 6.07) is 4.25. The van der Waals surface area contributed by atoms with Crippen LogP contribution in [0.5, 0.6) is 0 Å². The van der Waals surface area contributed by atoms with E-state index in [9.17, 15) is 17.6 Å². The largest absolute Gasteiger partial charge is 0.480 e. The van der Waals surface area contributed by atoms with Crippen LogP contribution in [0, 0.1) is 12.7 Å². The number of aliphatic carboxylic acids is 1. The van der Waals surface area contributed by atoms with Gasteiger partial charge in [-0.3, -0.25) is 4.79 Å². The van der Waals surface area contributed by atoms with Gasteiger partial charge in [0.2, 0.25) is 10.0 Å². The molecule has 1 aromatic rings. The molecular formula is C12H16FNO4S. The third-order valence-corrected chi connectivity index (χ3v) is 4.55. The lowest BCUT2D eigenvalue weighted by Gasteiger charge is -2.11. The van der Waals surface area contributed by atoms with Crippen molar-refractivity contribution in [2.24, 2.45) is 0 Å². The summed E-state index contributed by atoms with van der Waals surface area (Å²) >= 11 is 0. The molecule has 1 rings (SSSR count). The average molecular weight is 289 g/mol. The third-order valence-electron chi connectivity index (χ3n) is 2.82. The van der Waals surface area contributed by atoms with Gasteiger partial charge in [-0.25, -0.2) is 17.5 Å². The quantitative estimate of drug-likeness (QED) is 0.820. The molecule has 0 fully saturated rings. The van der Waals surface area contributed by atoms with Gasteiger partial charge in [-0.1, -0.05) is 6.07 Å². The fourth-order valence-corrected chi connectivity index (χ4v) is 2.43. The normalized spacial score (nSPS) is 13.2. The smallest absolute Gasteiger partial charge is 0.323 e. The van der Waals surface area contributed by atoms with Crippen LogP contribution >= 0.6 is 0 Å². The van der Waals surface area contributed by atoms with Gasteiger partial charge >= 0.3 is 5.97 Å². The summed E-state index contributed by atoms with van der Waals surface area (Å²) in [5.41, 5.74) is 1.54. The molecule has 0 aromatic heterocycles. The molecule has 5 nitrogen and oxygen atoms in total. The molecule has 0 radical (unpaired) electrons. The fraction of sp³-hybridized carbons (Fsp3) is 0.417. The Bertz CT molecular complexity index is 571. The van der Waals surface area contributed by atoms with Crippen molar-refractivity contribution in [2.75, 3.05) is 6.54 Å². The lowest BCUT2D eigenvalue weighted by atomic mass is 10.1. The van der Waals surface area contributed by atoms with Gasteiger partial charge in [0.15, 0.2) is 5.25 Å². The number of rotatable bonds is 6. The second-order valence-electron chi connectivity index (χ2n) is 4.24.